The fourth-order valence-corrected chi connectivity index (χ4v) is 2.84. The summed E-state index contributed by atoms with van der Waals surface area (Å²) in [5, 5.41) is 9.66. The van der Waals surface area contributed by atoms with Crippen molar-refractivity contribution in [3.05, 3.63) is 22.8 Å². The van der Waals surface area contributed by atoms with Crippen molar-refractivity contribution >= 4 is 17.5 Å². The third-order valence-electron chi connectivity index (χ3n) is 3.90. The summed E-state index contributed by atoms with van der Waals surface area (Å²) in [5.41, 5.74) is 0.451. The number of likely N-dealkylation sites (tertiary alicyclic amines) is 1. The smallest absolute Gasteiger partial charge is 0.255 e. The molecular weight excluding hydrogens is 304 g/mol. The quantitative estimate of drug-likeness (QED) is 0.924. The number of aromatic nitrogens is 1. The van der Waals surface area contributed by atoms with Gasteiger partial charge in [-0.05, 0) is 45.6 Å². The Bertz CT molecular complexity index is 536. The molecule has 1 aromatic heterocycles. The van der Waals surface area contributed by atoms with E-state index in [1.807, 2.05) is 20.8 Å². The fourth-order valence-electron chi connectivity index (χ4n) is 2.63. The predicted molar refractivity (Wildman–Crippen MR) is 85.3 cm³/mol. The van der Waals surface area contributed by atoms with Crippen molar-refractivity contribution in [2.24, 2.45) is 5.92 Å². The Hall–Kier alpha value is -1.33. The number of hydrogen-bond acceptors (Lipinski definition) is 4. The van der Waals surface area contributed by atoms with E-state index < -0.39 is 0 Å². The van der Waals surface area contributed by atoms with Gasteiger partial charge in [-0.25, -0.2) is 4.98 Å². The number of pyridine rings is 1. The average molecular weight is 327 g/mol. The van der Waals surface area contributed by atoms with Gasteiger partial charge in [-0.2, -0.15) is 0 Å². The summed E-state index contributed by atoms with van der Waals surface area (Å²) in [6, 6.07) is 1.75. The molecule has 1 aliphatic heterocycles. The molecule has 122 valence electrons. The van der Waals surface area contributed by atoms with Gasteiger partial charge in [0, 0.05) is 25.4 Å². The second-order valence-electron chi connectivity index (χ2n) is 6.11. The first-order valence-electron chi connectivity index (χ1n) is 7.66. The third kappa shape index (κ3) is 3.90. The number of hydrogen-bond donors (Lipinski definition) is 1. The Balaban J connectivity index is 2.16. The van der Waals surface area contributed by atoms with Crippen molar-refractivity contribution < 1.29 is 14.6 Å². The summed E-state index contributed by atoms with van der Waals surface area (Å²) < 4.78 is 5.48. The van der Waals surface area contributed by atoms with Crippen LogP contribution >= 0.6 is 11.6 Å². The van der Waals surface area contributed by atoms with E-state index in [-0.39, 0.29) is 30.6 Å². The van der Waals surface area contributed by atoms with E-state index >= 15 is 0 Å². The minimum Gasteiger partial charge on any atom is -0.474 e. The van der Waals surface area contributed by atoms with Crippen LogP contribution in [-0.4, -0.2) is 46.2 Å². The van der Waals surface area contributed by atoms with Crippen LogP contribution in [-0.2, 0) is 0 Å². The highest BCUT2D eigenvalue weighted by atomic mass is 35.5. The van der Waals surface area contributed by atoms with Gasteiger partial charge >= 0.3 is 0 Å². The number of aliphatic hydroxyl groups excluding tert-OH is 1. The molecule has 1 saturated heterocycles. The van der Waals surface area contributed by atoms with Crippen LogP contribution in [0, 0.1) is 5.92 Å². The molecule has 5 nitrogen and oxygen atoms in total. The minimum absolute atomic E-state index is 0.0287. The summed E-state index contributed by atoms with van der Waals surface area (Å²) in [7, 11) is 0. The molecule has 6 heteroatoms. The maximum Gasteiger partial charge on any atom is 0.255 e. The zero-order valence-corrected chi connectivity index (χ0v) is 14.0. The SMILES string of the molecule is CC(C)Oc1ncc(C(=O)N2CC(CO)CCC2C)cc1Cl. The molecule has 1 aromatic rings. The molecule has 22 heavy (non-hydrogen) atoms. The first-order valence-corrected chi connectivity index (χ1v) is 8.04. The van der Waals surface area contributed by atoms with Crippen LogP contribution in [0.3, 0.4) is 0 Å². The molecule has 1 amide bonds. The Morgan fingerprint density at radius 3 is 2.86 bits per heavy atom. The summed E-state index contributed by atoms with van der Waals surface area (Å²) in [6.45, 7) is 6.48. The van der Waals surface area contributed by atoms with Gasteiger partial charge in [0.05, 0.1) is 11.7 Å². The van der Waals surface area contributed by atoms with Crippen LogP contribution in [0.15, 0.2) is 12.3 Å². The molecule has 0 aromatic carbocycles. The molecule has 2 heterocycles. The first kappa shape index (κ1) is 17.0. The fraction of sp³-hybridized carbons (Fsp3) is 0.625. The lowest BCUT2D eigenvalue weighted by molar-refractivity contribution is 0.0488. The average Bonchev–Trinajstić information content (AvgIpc) is 2.48. The van der Waals surface area contributed by atoms with E-state index in [2.05, 4.69) is 4.98 Å². The number of carbonyl (C=O) groups excluding carboxylic acids is 1. The van der Waals surface area contributed by atoms with Crippen LogP contribution in [0.4, 0.5) is 0 Å². The molecule has 0 radical (unpaired) electrons. The molecule has 2 rings (SSSR count). The summed E-state index contributed by atoms with van der Waals surface area (Å²) >= 11 is 6.15. The lowest BCUT2D eigenvalue weighted by Gasteiger charge is -2.37. The summed E-state index contributed by atoms with van der Waals surface area (Å²) in [6.07, 6.45) is 3.31. The predicted octanol–water partition coefficient (Wildman–Crippen LogP) is 2.76. The van der Waals surface area contributed by atoms with Crippen LogP contribution in [0.25, 0.3) is 0 Å². The number of rotatable bonds is 4. The second kappa shape index (κ2) is 7.29. The first-order chi connectivity index (χ1) is 10.4. The van der Waals surface area contributed by atoms with Crippen molar-refractivity contribution in [2.45, 2.75) is 45.8 Å². The lowest BCUT2D eigenvalue weighted by atomic mass is 9.93. The monoisotopic (exact) mass is 326 g/mol. The molecule has 2 atom stereocenters. The maximum absolute atomic E-state index is 12.7. The highest BCUT2D eigenvalue weighted by Crippen LogP contribution is 2.27. The zero-order chi connectivity index (χ0) is 16.3. The minimum atomic E-state index is -0.101. The summed E-state index contributed by atoms with van der Waals surface area (Å²) in [5.74, 6) is 0.386. The molecule has 0 spiro atoms. The van der Waals surface area contributed by atoms with Crippen molar-refractivity contribution in [3.63, 3.8) is 0 Å². The second-order valence-corrected chi connectivity index (χ2v) is 6.52. The van der Waals surface area contributed by atoms with Gasteiger partial charge in [-0.15, -0.1) is 0 Å². The number of nitrogens with zero attached hydrogens (tertiary/aromatic N) is 2. The van der Waals surface area contributed by atoms with Crippen molar-refractivity contribution in [2.75, 3.05) is 13.2 Å². The van der Waals surface area contributed by atoms with E-state index in [0.717, 1.165) is 12.8 Å². The van der Waals surface area contributed by atoms with Gasteiger partial charge in [0.25, 0.3) is 5.91 Å². The van der Waals surface area contributed by atoms with E-state index in [9.17, 15) is 9.90 Å². The van der Waals surface area contributed by atoms with Crippen LogP contribution in [0.2, 0.25) is 5.02 Å². The van der Waals surface area contributed by atoms with Gasteiger partial charge in [0.15, 0.2) is 0 Å². The highest BCUT2D eigenvalue weighted by Gasteiger charge is 2.29. The number of halogens is 1. The van der Waals surface area contributed by atoms with E-state index in [1.54, 1.807) is 11.0 Å². The number of carbonyl (C=O) groups is 1. The van der Waals surface area contributed by atoms with Gasteiger partial charge in [0.1, 0.15) is 5.02 Å². The lowest BCUT2D eigenvalue weighted by Crippen LogP contribution is -2.46. The van der Waals surface area contributed by atoms with Gasteiger partial charge < -0.3 is 14.7 Å². The topological polar surface area (TPSA) is 62.7 Å². The van der Waals surface area contributed by atoms with Crippen molar-refractivity contribution in [1.82, 2.24) is 9.88 Å². The Morgan fingerprint density at radius 1 is 1.55 bits per heavy atom. The molecule has 1 aliphatic rings. The van der Waals surface area contributed by atoms with Crippen molar-refractivity contribution in [3.8, 4) is 5.88 Å². The zero-order valence-electron chi connectivity index (χ0n) is 13.3. The Morgan fingerprint density at radius 2 is 2.27 bits per heavy atom. The third-order valence-corrected chi connectivity index (χ3v) is 4.17. The van der Waals surface area contributed by atoms with Gasteiger partial charge in [-0.3, -0.25) is 4.79 Å². The molecule has 0 aliphatic carbocycles. The molecular formula is C16H23ClN2O3. The highest BCUT2D eigenvalue weighted by molar-refractivity contribution is 6.32. The number of amides is 1. The van der Waals surface area contributed by atoms with E-state index in [0.29, 0.717) is 23.0 Å². The normalized spacial score (nSPS) is 22.0. The van der Waals surface area contributed by atoms with E-state index in [4.69, 9.17) is 16.3 Å². The maximum atomic E-state index is 12.7. The van der Waals surface area contributed by atoms with Crippen LogP contribution in [0.1, 0.15) is 44.0 Å². The standard InChI is InChI=1S/C16H23ClN2O3/c1-10(2)22-15-14(17)6-13(7-18-15)16(21)19-8-12(9-20)5-4-11(19)3/h6-7,10-12,20H,4-5,8-9H2,1-3H3. The number of piperidine rings is 1. The van der Waals surface area contributed by atoms with Gasteiger partial charge in [0.2, 0.25) is 5.88 Å². The van der Waals surface area contributed by atoms with Gasteiger partial charge in [-0.1, -0.05) is 11.6 Å². The van der Waals surface area contributed by atoms with Crippen molar-refractivity contribution in [1.29, 1.82) is 0 Å². The number of aliphatic hydroxyl groups is 1. The van der Waals surface area contributed by atoms with E-state index in [1.165, 1.54) is 6.20 Å². The number of ether oxygens (including phenoxy) is 1. The largest absolute Gasteiger partial charge is 0.474 e. The molecule has 0 saturated carbocycles. The van der Waals surface area contributed by atoms with Crippen LogP contribution < -0.4 is 4.74 Å². The van der Waals surface area contributed by atoms with Crippen LogP contribution in [0.5, 0.6) is 5.88 Å². The molecule has 2 unspecified atom stereocenters. The molecule has 0 bridgehead atoms. The Kier molecular flexibility index (Phi) is 5.64. The molecule has 1 N–H and O–H groups in total. The summed E-state index contributed by atoms with van der Waals surface area (Å²) in [4.78, 5) is 18.6. The molecule has 1 fully saturated rings. The Labute approximate surface area is 136 Å².